The smallest absolute Gasteiger partial charge is 0.149 e. The van der Waals surface area contributed by atoms with Crippen LogP contribution in [0, 0.1) is 6.92 Å². The first-order valence-corrected chi connectivity index (χ1v) is 9.43. The van der Waals surface area contributed by atoms with Crippen molar-refractivity contribution in [3.05, 3.63) is 71.0 Å². The van der Waals surface area contributed by atoms with Crippen LogP contribution >= 0.6 is 0 Å². The Kier molecular flexibility index (Phi) is 5.54. The van der Waals surface area contributed by atoms with Crippen LogP contribution < -0.4 is 10.9 Å². The normalized spacial score (nSPS) is 12.1. The first kappa shape index (κ1) is 20.7. The summed E-state index contributed by atoms with van der Waals surface area (Å²) in [7, 11) is 5.12. The van der Waals surface area contributed by atoms with Gasteiger partial charge in [-0.25, -0.2) is 0 Å². The number of hydrogen-bond acceptors (Lipinski definition) is 4. The number of aliphatic hydroxyl groups is 2. The third-order valence-corrected chi connectivity index (χ3v) is 5.51. The molecule has 3 rings (SSSR count). The zero-order valence-electron chi connectivity index (χ0n) is 17.2. The van der Waals surface area contributed by atoms with E-state index < -0.39 is 6.61 Å². The molecule has 7 heteroatoms. The molecule has 0 unspecified atom stereocenters. The minimum absolute atomic E-state index is 0.0517. The number of phenolic OH excluding ortho intramolecular Hbond substituents is 2. The Labute approximate surface area is 173 Å². The van der Waals surface area contributed by atoms with E-state index in [0.717, 1.165) is 16.3 Å². The second-order valence-corrected chi connectivity index (χ2v) is 7.42. The lowest BCUT2D eigenvalue weighted by Crippen LogP contribution is -2.24. The molecule has 0 aliphatic heterocycles. The number of phenols is 2. The molecule has 3 aromatic carbocycles. The molecule has 4 nitrogen and oxygen atoms in total. The average molecular weight is 384 g/mol. The molecule has 0 atom stereocenters. The summed E-state index contributed by atoms with van der Waals surface area (Å²) in [6, 6.07) is 11.7. The maximum absolute atomic E-state index is 10.8. The number of hydrogen-bond donors (Lipinski definition) is 4. The van der Waals surface area contributed by atoms with E-state index in [-0.39, 0.29) is 17.3 Å². The van der Waals surface area contributed by atoms with Gasteiger partial charge < -0.3 is 20.4 Å². The van der Waals surface area contributed by atoms with Gasteiger partial charge in [-0.1, -0.05) is 41.9 Å². The summed E-state index contributed by atoms with van der Waals surface area (Å²) in [6.45, 7) is 5.36. The first-order valence-electron chi connectivity index (χ1n) is 9.43. The third-order valence-electron chi connectivity index (χ3n) is 5.51. The van der Waals surface area contributed by atoms with Gasteiger partial charge in [0.1, 0.15) is 47.4 Å². The third kappa shape index (κ3) is 3.32. The summed E-state index contributed by atoms with van der Waals surface area (Å²) >= 11 is 0. The maximum Gasteiger partial charge on any atom is 0.149 e. The fourth-order valence-corrected chi connectivity index (χ4v) is 3.94. The lowest BCUT2D eigenvalue weighted by atomic mass is 9.71. The summed E-state index contributed by atoms with van der Waals surface area (Å²) in [5, 5.41) is 44.0. The molecule has 0 aliphatic carbocycles. The van der Waals surface area contributed by atoms with E-state index in [4.69, 9.17) is 0 Å². The summed E-state index contributed by atoms with van der Waals surface area (Å²) < 4.78 is 0. The van der Waals surface area contributed by atoms with Crippen LogP contribution in [-0.2, 0) is 0 Å². The lowest BCUT2D eigenvalue weighted by molar-refractivity contribution is 0.255. The fraction of sp³-hybridized carbons (Fsp3) is 0.0909. The zero-order valence-corrected chi connectivity index (χ0v) is 17.2. The van der Waals surface area contributed by atoms with Crippen molar-refractivity contribution in [2.75, 3.05) is 6.61 Å². The molecule has 0 aromatic heterocycles. The summed E-state index contributed by atoms with van der Waals surface area (Å²) in [5.74, 6) is -0.377. The van der Waals surface area contributed by atoms with Crippen LogP contribution in [0.3, 0.4) is 0 Å². The van der Waals surface area contributed by atoms with Crippen molar-refractivity contribution in [1.29, 1.82) is 0 Å². The zero-order chi connectivity index (χ0) is 21.5. The van der Waals surface area contributed by atoms with Crippen molar-refractivity contribution in [3.63, 3.8) is 0 Å². The van der Waals surface area contributed by atoms with Gasteiger partial charge in [0.25, 0.3) is 0 Å². The van der Waals surface area contributed by atoms with Crippen molar-refractivity contribution in [3.8, 4) is 11.5 Å². The highest BCUT2D eigenvalue weighted by molar-refractivity contribution is 6.48. The predicted octanol–water partition coefficient (Wildman–Crippen LogP) is -0.0103. The highest BCUT2D eigenvalue weighted by atomic mass is 16.3. The molecule has 0 saturated carbocycles. The Hall–Kier alpha value is -3.05. The van der Waals surface area contributed by atoms with Gasteiger partial charge in [0.15, 0.2) is 0 Å². The van der Waals surface area contributed by atoms with E-state index in [9.17, 15) is 20.4 Å². The van der Waals surface area contributed by atoms with Crippen LogP contribution in [0.25, 0.3) is 21.8 Å². The molecule has 3 aromatic rings. The van der Waals surface area contributed by atoms with Crippen LogP contribution in [0.2, 0.25) is 0 Å². The fourth-order valence-electron chi connectivity index (χ4n) is 3.94. The Morgan fingerprint density at radius 1 is 0.966 bits per heavy atom. The van der Waals surface area contributed by atoms with Gasteiger partial charge in [-0.15, -0.1) is 6.58 Å². The van der Waals surface area contributed by atoms with Crippen molar-refractivity contribution in [2.45, 2.75) is 6.92 Å². The Morgan fingerprint density at radius 2 is 1.62 bits per heavy atom. The van der Waals surface area contributed by atoms with Crippen molar-refractivity contribution in [1.82, 2.24) is 0 Å². The molecule has 0 saturated heterocycles. The molecule has 0 radical (unpaired) electrons. The number of benzene rings is 3. The molecule has 0 fully saturated rings. The van der Waals surface area contributed by atoms with Crippen molar-refractivity contribution in [2.24, 2.45) is 0 Å². The van der Waals surface area contributed by atoms with E-state index >= 15 is 0 Å². The second-order valence-electron chi connectivity index (χ2n) is 7.42. The SMILES string of the molecule is BC(=C)c1c(O)c(B)c(O)c(B)c1/C(=C(/O)CO)c1ccc2ccccc2c1C. The van der Waals surface area contributed by atoms with E-state index in [1.54, 1.807) is 23.5 Å². The summed E-state index contributed by atoms with van der Waals surface area (Å²) in [4.78, 5) is 0. The van der Waals surface area contributed by atoms with Crippen molar-refractivity contribution < 1.29 is 20.4 Å². The molecule has 0 aliphatic rings. The standard InChI is InChI=1S/C22H23B3O4/c1-10-13-6-4-3-5-12(13)7-8-14(10)17(15(27)9-26)18-16(11(2)23)21(28)20(25)22(29)19(18)24/h3-8,26-29H,2,9,23-25H2,1H3/b17-15+. The van der Waals surface area contributed by atoms with Crippen LogP contribution in [0.15, 0.2) is 48.7 Å². The number of aryl methyl sites for hydroxylation is 1. The maximum atomic E-state index is 10.8. The molecular weight excluding hydrogens is 361 g/mol. The lowest BCUT2D eigenvalue weighted by Gasteiger charge is -2.24. The number of fused-ring (bicyclic) bond motifs is 1. The molecular formula is C22H23B3O4. The topological polar surface area (TPSA) is 80.9 Å². The second kappa shape index (κ2) is 7.76. The Bertz CT molecular complexity index is 1180. The molecule has 0 heterocycles. The van der Waals surface area contributed by atoms with E-state index in [2.05, 4.69) is 6.58 Å². The minimum Gasteiger partial charge on any atom is -0.509 e. The highest BCUT2D eigenvalue weighted by Gasteiger charge is 2.25. The molecule has 0 amide bonds. The van der Waals surface area contributed by atoms with Crippen LogP contribution in [0.1, 0.15) is 22.3 Å². The summed E-state index contributed by atoms with van der Waals surface area (Å²) in [5.41, 5.74) is 4.35. The van der Waals surface area contributed by atoms with Gasteiger partial charge in [0, 0.05) is 11.1 Å². The monoisotopic (exact) mass is 384 g/mol. The molecule has 29 heavy (non-hydrogen) atoms. The number of rotatable bonds is 4. The van der Waals surface area contributed by atoms with Gasteiger partial charge in [0.2, 0.25) is 0 Å². The van der Waals surface area contributed by atoms with Crippen LogP contribution in [0.4, 0.5) is 0 Å². The highest BCUT2D eigenvalue weighted by Crippen LogP contribution is 2.38. The predicted molar refractivity (Wildman–Crippen MR) is 128 cm³/mol. The van der Waals surface area contributed by atoms with Crippen LogP contribution in [0.5, 0.6) is 11.5 Å². The van der Waals surface area contributed by atoms with Gasteiger partial charge in [-0.3, -0.25) is 0 Å². The average Bonchev–Trinajstić information content (AvgIpc) is 2.71. The minimum atomic E-state index is -0.577. The van der Waals surface area contributed by atoms with E-state index in [1.165, 1.54) is 0 Å². The molecule has 0 spiro atoms. The molecule has 144 valence electrons. The number of aliphatic hydroxyl groups excluding tert-OH is 2. The Balaban J connectivity index is 2.50. The number of aromatic hydroxyl groups is 2. The van der Waals surface area contributed by atoms with Gasteiger partial charge in [0.05, 0.1) is 0 Å². The summed E-state index contributed by atoms with van der Waals surface area (Å²) in [6.07, 6.45) is 0. The first-order chi connectivity index (χ1) is 13.7. The van der Waals surface area contributed by atoms with Gasteiger partial charge in [-0.2, -0.15) is 0 Å². The quantitative estimate of drug-likeness (QED) is 0.377. The molecule has 4 N–H and O–H groups in total. The van der Waals surface area contributed by atoms with Gasteiger partial charge in [-0.05, 0) is 45.3 Å². The van der Waals surface area contributed by atoms with Crippen LogP contribution in [-0.4, -0.2) is 50.6 Å². The van der Waals surface area contributed by atoms with Crippen molar-refractivity contribution >= 4 is 56.3 Å². The van der Waals surface area contributed by atoms with E-state index in [0.29, 0.717) is 38.7 Å². The van der Waals surface area contributed by atoms with Gasteiger partial charge >= 0.3 is 0 Å². The molecule has 0 bridgehead atoms. The Morgan fingerprint density at radius 3 is 2.24 bits per heavy atom. The van der Waals surface area contributed by atoms with E-state index in [1.807, 2.05) is 43.3 Å². The largest absolute Gasteiger partial charge is 0.509 e.